The van der Waals surface area contributed by atoms with Gasteiger partial charge in [-0.1, -0.05) is 129 Å². The molecule has 1 radical (unpaired) electrons. The molecule has 0 saturated carbocycles. The first-order valence-electron chi connectivity index (χ1n) is 12.1. The van der Waals surface area contributed by atoms with Gasteiger partial charge in [0.25, 0.3) is 0 Å². The van der Waals surface area contributed by atoms with E-state index in [1.165, 1.54) is 116 Å². The molecule has 0 atom stereocenters. The van der Waals surface area contributed by atoms with Gasteiger partial charge < -0.3 is 0 Å². The Bertz CT molecular complexity index is 271. The molecule has 1 nitrogen and oxygen atoms in total. The Morgan fingerprint density at radius 3 is 1.12 bits per heavy atom. The Hall–Kier alpha value is -0.330. The maximum Gasteiger partial charge on any atom is 0.132 e. The van der Waals surface area contributed by atoms with E-state index in [1.54, 1.807) is 0 Å². The van der Waals surface area contributed by atoms with Crippen molar-refractivity contribution in [2.75, 3.05) is 0 Å². The molecule has 0 aromatic heterocycles. The van der Waals surface area contributed by atoms with Crippen LogP contribution in [0.5, 0.6) is 0 Å². The van der Waals surface area contributed by atoms with Crippen LogP contribution in [0.3, 0.4) is 0 Å². The predicted molar refractivity (Wildman–Crippen MR) is 118 cm³/mol. The van der Waals surface area contributed by atoms with Crippen molar-refractivity contribution in [2.45, 2.75) is 148 Å². The summed E-state index contributed by atoms with van der Waals surface area (Å²) in [4.78, 5) is 11.4. The lowest BCUT2D eigenvalue weighted by Gasteiger charge is -2.04. The fourth-order valence-electron chi connectivity index (χ4n) is 3.72. The summed E-state index contributed by atoms with van der Waals surface area (Å²) in [6.07, 6.45) is 28.8. The van der Waals surface area contributed by atoms with E-state index >= 15 is 0 Å². The summed E-state index contributed by atoms with van der Waals surface area (Å²) < 4.78 is 0. The Balaban J connectivity index is 3.02. The first-order valence-corrected chi connectivity index (χ1v) is 12.1. The molecule has 0 spiro atoms. The van der Waals surface area contributed by atoms with E-state index < -0.39 is 0 Å². The zero-order valence-corrected chi connectivity index (χ0v) is 18.2. The minimum absolute atomic E-state index is 0.409. The van der Waals surface area contributed by atoms with E-state index in [0.29, 0.717) is 12.2 Å². The molecule has 0 aliphatic carbocycles. The maximum atomic E-state index is 11.4. The van der Waals surface area contributed by atoms with Gasteiger partial charge >= 0.3 is 0 Å². The van der Waals surface area contributed by atoms with Crippen LogP contribution < -0.4 is 0 Å². The van der Waals surface area contributed by atoms with Crippen molar-refractivity contribution in [3.63, 3.8) is 0 Å². The molecule has 0 rings (SSSR count). The number of hydrogen-bond acceptors (Lipinski definition) is 1. The van der Waals surface area contributed by atoms with Gasteiger partial charge in [-0.15, -0.1) is 0 Å². The Morgan fingerprint density at radius 1 is 0.500 bits per heavy atom. The third-order valence-electron chi connectivity index (χ3n) is 5.51. The van der Waals surface area contributed by atoms with Gasteiger partial charge in [-0.2, -0.15) is 0 Å². The van der Waals surface area contributed by atoms with Crippen LogP contribution >= 0.6 is 0 Å². The third-order valence-corrected chi connectivity index (χ3v) is 5.51. The molecule has 0 aromatic rings. The quantitative estimate of drug-likeness (QED) is 0.175. The van der Waals surface area contributed by atoms with Crippen LogP contribution in [-0.4, -0.2) is 5.78 Å². The number of carbonyl (C=O) groups is 1. The van der Waals surface area contributed by atoms with Crippen molar-refractivity contribution in [3.05, 3.63) is 6.92 Å². The summed E-state index contributed by atoms with van der Waals surface area (Å²) in [5, 5.41) is 0. The summed E-state index contributed by atoms with van der Waals surface area (Å²) in [5.74, 6) is 0.409. The van der Waals surface area contributed by atoms with Crippen molar-refractivity contribution in [2.24, 2.45) is 0 Å². The Labute approximate surface area is 166 Å². The molecule has 26 heavy (non-hydrogen) atoms. The highest BCUT2D eigenvalue weighted by molar-refractivity contribution is 5.78. The summed E-state index contributed by atoms with van der Waals surface area (Å²) >= 11 is 0. The molecule has 1 heteroatoms. The smallest absolute Gasteiger partial charge is 0.132 e. The molecule has 0 aliphatic rings. The Kier molecular flexibility index (Phi) is 22.4. The highest BCUT2D eigenvalue weighted by atomic mass is 16.1. The molecule has 0 bridgehead atoms. The number of hydrogen-bond donors (Lipinski definition) is 0. The van der Waals surface area contributed by atoms with Crippen LogP contribution in [0.2, 0.25) is 0 Å². The minimum atomic E-state index is 0.409. The molecular formula is C25H49O. The number of Topliss-reactive ketones (excluding diaryl/α,β-unsaturated/α-hetero) is 1. The number of ketones is 1. The lowest BCUT2D eigenvalue weighted by atomic mass is 10.0. The van der Waals surface area contributed by atoms with Crippen LogP contribution in [0, 0.1) is 6.92 Å². The topological polar surface area (TPSA) is 17.1 Å². The van der Waals surface area contributed by atoms with Gasteiger partial charge in [0.15, 0.2) is 0 Å². The van der Waals surface area contributed by atoms with Crippen molar-refractivity contribution in [3.8, 4) is 0 Å². The summed E-state index contributed by atoms with van der Waals surface area (Å²) in [7, 11) is 0. The second kappa shape index (κ2) is 22.7. The van der Waals surface area contributed by atoms with Crippen LogP contribution in [0.25, 0.3) is 0 Å². The zero-order chi connectivity index (χ0) is 19.1. The average Bonchev–Trinajstić information content (AvgIpc) is 2.64. The standard InChI is InChI=1S/C25H49O/c1-3-5-6-7-8-9-10-11-12-13-14-15-16-17-18-19-20-21-22-24-25(26)23-4-2/h2-24H2,1H3. The normalized spacial score (nSPS) is 11.2. The largest absolute Gasteiger partial charge is 0.300 e. The van der Waals surface area contributed by atoms with Gasteiger partial charge in [-0.05, 0) is 12.8 Å². The minimum Gasteiger partial charge on any atom is -0.300 e. The van der Waals surface area contributed by atoms with E-state index in [-0.39, 0.29) is 0 Å². The number of rotatable bonds is 22. The highest BCUT2D eigenvalue weighted by Gasteiger charge is 1.99. The average molecular weight is 366 g/mol. The third kappa shape index (κ3) is 21.7. The van der Waals surface area contributed by atoms with E-state index in [4.69, 9.17) is 0 Å². The van der Waals surface area contributed by atoms with Gasteiger partial charge in [0.2, 0.25) is 0 Å². The second-order valence-corrected chi connectivity index (χ2v) is 8.26. The molecule has 0 fully saturated rings. The van der Waals surface area contributed by atoms with Gasteiger partial charge in [-0.3, -0.25) is 4.79 Å². The van der Waals surface area contributed by atoms with E-state index in [2.05, 4.69) is 13.8 Å². The van der Waals surface area contributed by atoms with Crippen molar-refractivity contribution < 1.29 is 4.79 Å². The van der Waals surface area contributed by atoms with Gasteiger partial charge in [0.05, 0.1) is 0 Å². The summed E-state index contributed by atoms with van der Waals surface area (Å²) in [6.45, 7) is 6.03. The van der Waals surface area contributed by atoms with Gasteiger partial charge in [0, 0.05) is 12.8 Å². The van der Waals surface area contributed by atoms with E-state index in [1.807, 2.05) is 0 Å². The van der Waals surface area contributed by atoms with Gasteiger partial charge in [-0.25, -0.2) is 0 Å². The second-order valence-electron chi connectivity index (χ2n) is 8.26. The SMILES string of the molecule is [CH2]CCC(=O)CCCCCCCCCCCCCCCCCCCCC. The maximum absolute atomic E-state index is 11.4. The molecule has 0 aliphatic heterocycles. The molecule has 0 aromatic carbocycles. The molecule has 0 saturated heterocycles. The molecule has 0 heterocycles. The van der Waals surface area contributed by atoms with Crippen LogP contribution in [0.1, 0.15) is 148 Å². The molecule has 0 unspecified atom stereocenters. The fraction of sp³-hybridized carbons (Fsp3) is 0.920. The van der Waals surface area contributed by atoms with Crippen molar-refractivity contribution >= 4 is 5.78 Å². The summed E-state index contributed by atoms with van der Waals surface area (Å²) in [6, 6.07) is 0. The molecule has 155 valence electrons. The molecule has 0 amide bonds. The lowest BCUT2D eigenvalue weighted by Crippen LogP contribution is -1.96. The zero-order valence-electron chi connectivity index (χ0n) is 18.2. The fourth-order valence-corrected chi connectivity index (χ4v) is 3.72. The number of carbonyl (C=O) groups excluding carboxylic acids is 1. The van der Waals surface area contributed by atoms with Crippen molar-refractivity contribution in [1.29, 1.82) is 0 Å². The van der Waals surface area contributed by atoms with Crippen LogP contribution in [-0.2, 0) is 4.79 Å². The van der Waals surface area contributed by atoms with E-state index in [0.717, 1.165) is 19.3 Å². The van der Waals surface area contributed by atoms with Crippen LogP contribution in [0.15, 0.2) is 0 Å². The predicted octanol–water partition coefficient (Wildman–Crippen LogP) is 8.99. The van der Waals surface area contributed by atoms with Gasteiger partial charge in [0.1, 0.15) is 5.78 Å². The highest BCUT2D eigenvalue weighted by Crippen LogP contribution is 2.15. The first kappa shape index (κ1) is 25.7. The van der Waals surface area contributed by atoms with Crippen LogP contribution in [0.4, 0.5) is 0 Å². The van der Waals surface area contributed by atoms with Crippen molar-refractivity contribution in [1.82, 2.24) is 0 Å². The Morgan fingerprint density at radius 2 is 0.808 bits per heavy atom. The molecular weight excluding hydrogens is 316 g/mol. The van der Waals surface area contributed by atoms with E-state index in [9.17, 15) is 4.79 Å². The number of unbranched alkanes of at least 4 members (excludes halogenated alkanes) is 18. The summed E-state index contributed by atoms with van der Waals surface area (Å²) in [5.41, 5.74) is 0. The molecule has 0 N–H and O–H groups in total. The monoisotopic (exact) mass is 365 g/mol. The lowest BCUT2D eigenvalue weighted by molar-refractivity contribution is -0.119. The first-order chi connectivity index (χ1) is 12.8.